The van der Waals surface area contributed by atoms with Crippen LogP contribution in [0.1, 0.15) is 137 Å². The van der Waals surface area contributed by atoms with Gasteiger partial charge >= 0.3 is 19.8 Å². The van der Waals surface area contributed by atoms with Crippen molar-refractivity contribution in [2.45, 2.75) is 165 Å². The molecule has 4 amide bonds. The summed E-state index contributed by atoms with van der Waals surface area (Å²) >= 11 is 0. The predicted octanol–water partition coefficient (Wildman–Crippen LogP) is 3.32. The van der Waals surface area contributed by atoms with Gasteiger partial charge in [0, 0.05) is 19.0 Å². The van der Waals surface area contributed by atoms with E-state index in [1.54, 1.807) is 0 Å². The van der Waals surface area contributed by atoms with Gasteiger partial charge in [-0.05, 0) is 125 Å². The number of unbranched alkanes of at least 4 members (excludes halogenated alkanes) is 3. The van der Waals surface area contributed by atoms with Crippen molar-refractivity contribution in [3.63, 3.8) is 0 Å². The molecule has 67 heavy (non-hydrogen) atoms. The molecule has 388 valence electrons. The fraction of sp³-hybridized carbons (Fsp3) is 0.902. The lowest BCUT2D eigenvalue weighted by Crippen LogP contribution is -2.60. The van der Waals surface area contributed by atoms with Crippen molar-refractivity contribution in [1.82, 2.24) is 21.3 Å². The predicted molar refractivity (Wildman–Crippen MR) is 247 cm³/mol. The first-order chi connectivity index (χ1) is 31.2. The van der Waals surface area contributed by atoms with Crippen LogP contribution in [0.4, 0.5) is 9.59 Å². The molecule has 4 saturated carbocycles. The maximum absolute atomic E-state index is 13.5. The third-order valence-corrected chi connectivity index (χ3v) is 21.8. The Hall–Kier alpha value is -1.44. The van der Waals surface area contributed by atoms with Crippen LogP contribution in [0.5, 0.6) is 0 Å². The van der Waals surface area contributed by atoms with Crippen LogP contribution in [0.3, 0.4) is 0 Å². The Bertz CT molecular complexity index is 1720. The van der Waals surface area contributed by atoms with E-state index in [2.05, 4.69) is 42.0 Å². The van der Waals surface area contributed by atoms with Crippen LogP contribution in [-0.2, 0) is 23.6 Å². The summed E-state index contributed by atoms with van der Waals surface area (Å²) in [6.45, 7) is 7.41. The van der Waals surface area contributed by atoms with Gasteiger partial charge in [0.25, 0.3) is 0 Å². The summed E-state index contributed by atoms with van der Waals surface area (Å²) < 4.78 is 23.7. The molecule has 4 aliphatic rings. The van der Waals surface area contributed by atoms with E-state index >= 15 is 0 Å². The lowest BCUT2D eigenvalue weighted by molar-refractivity contribution is -0.179. The van der Waals surface area contributed by atoms with Gasteiger partial charge in [0.05, 0.1) is 18.7 Å². The molecule has 0 heterocycles. The smallest absolute Gasteiger partial charge is 0.407 e. The molecule has 11 atom stereocenters. The summed E-state index contributed by atoms with van der Waals surface area (Å²) in [6, 6.07) is 0. The highest BCUT2D eigenvalue weighted by Crippen LogP contribution is 2.69. The quantitative estimate of drug-likeness (QED) is 0.0487. The largest absolute Gasteiger partial charge is 0.446 e. The minimum Gasteiger partial charge on any atom is -0.446 e. The number of hydrogen-bond donors (Lipinski definition) is 15. The second kappa shape index (κ2) is 24.3. The number of aliphatic hydroxyl groups is 3. The van der Waals surface area contributed by atoms with Gasteiger partial charge in [-0.25, -0.2) is 9.59 Å². The van der Waals surface area contributed by atoms with Crippen molar-refractivity contribution >= 4 is 56.7 Å². The summed E-state index contributed by atoms with van der Waals surface area (Å²) in [5, 5.41) is 36.5. The normalized spacial score (nSPS) is 30.3. The standard InChI is InChI=1S/C41H76N4O18P4/c1-5-6-7-8-15-39(4,50)32-12-11-28-27-23-31(63-36(49)45-25-34(47)43-21-10-17-41(52,66(57)58)67(59,60)61)30-22-26(13-18-37(30,2)29(27)14-19-38(28,32)3)62-35(48)44-24-33(46)42-20-9-16-40(51,64(53)54)65(55)56/h26-32,50-58H,5-25H2,1-4H3,(H,42,46)(H,43,47)(H,44,48)(H,45,49)(H2,59,60,61)/t26?,27?,28?,29-,30?,31-,32?,37?,38?,39-,41?/m0/s1. The van der Waals surface area contributed by atoms with E-state index in [1.807, 2.05) is 6.92 Å². The van der Waals surface area contributed by atoms with Crippen LogP contribution in [0.15, 0.2) is 0 Å². The summed E-state index contributed by atoms with van der Waals surface area (Å²) in [5.41, 5.74) is -1.31. The molecule has 0 radical (unpaired) electrons. The average Bonchev–Trinajstić information content (AvgIpc) is 3.62. The third-order valence-electron chi connectivity index (χ3n) is 15.7. The number of nitrogens with one attached hydrogen (secondary N) is 4. The molecule has 0 saturated heterocycles. The molecular weight excluding hydrogens is 960 g/mol. The Morgan fingerprint density at radius 2 is 1.21 bits per heavy atom. The Kier molecular flexibility index (Phi) is 21.1. The highest BCUT2D eigenvalue weighted by molar-refractivity contribution is 7.69. The van der Waals surface area contributed by atoms with Crippen LogP contribution < -0.4 is 21.3 Å². The van der Waals surface area contributed by atoms with Crippen LogP contribution in [0.2, 0.25) is 0 Å². The number of hydrogen-bond acceptors (Lipinski definition) is 16. The molecule has 22 nitrogen and oxygen atoms in total. The lowest BCUT2D eigenvalue weighted by atomic mass is 9.43. The molecule has 0 aromatic rings. The van der Waals surface area contributed by atoms with Crippen LogP contribution in [0, 0.1) is 40.4 Å². The van der Waals surface area contributed by atoms with E-state index in [-0.39, 0.29) is 66.4 Å². The third kappa shape index (κ3) is 14.2. The number of fused-ring (bicyclic) bond motifs is 5. The van der Waals surface area contributed by atoms with Crippen molar-refractivity contribution in [3.05, 3.63) is 0 Å². The second-order valence-corrected chi connectivity index (χ2v) is 26.4. The van der Waals surface area contributed by atoms with Gasteiger partial charge in [0.2, 0.25) is 47.1 Å². The molecule has 0 aromatic heterocycles. The number of ether oxygens (including phenoxy) is 2. The van der Waals surface area contributed by atoms with Crippen molar-refractivity contribution < 1.29 is 87.7 Å². The lowest BCUT2D eigenvalue weighted by Gasteiger charge is -2.63. The van der Waals surface area contributed by atoms with E-state index in [1.165, 1.54) is 0 Å². The molecule has 0 spiro atoms. The molecule has 4 rings (SSSR count). The summed E-state index contributed by atoms with van der Waals surface area (Å²) in [6.07, 6.45) is 6.34. The number of amides is 4. The Morgan fingerprint density at radius 3 is 1.76 bits per heavy atom. The SMILES string of the molecule is CCCCCC[C@](C)(O)C1CCC2C3C[C@H](OC(=O)NCC(=O)NCCCC(O)(P(O)O)P(=O)(O)O)C4CC(OC(=O)NCC(=O)NCCCC(O)(P(O)O)P(O)O)CCC4(C)[C@H]3CCC21C. The van der Waals surface area contributed by atoms with Crippen molar-refractivity contribution in [1.29, 1.82) is 0 Å². The Labute approximate surface area is 396 Å². The van der Waals surface area contributed by atoms with Gasteiger partial charge < -0.3 is 85.2 Å². The fourth-order valence-electron chi connectivity index (χ4n) is 12.1. The molecule has 0 aliphatic heterocycles. The summed E-state index contributed by atoms with van der Waals surface area (Å²) in [5.74, 6) is -0.777. The molecule has 26 heteroatoms. The number of carbonyl (C=O) groups is 4. The monoisotopic (exact) mass is 1040 g/mol. The van der Waals surface area contributed by atoms with E-state index in [0.717, 1.165) is 57.8 Å². The molecule has 0 aromatic carbocycles. The zero-order chi connectivity index (χ0) is 50.2. The number of carbonyl (C=O) groups excluding carboxylic acids is 4. The van der Waals surface area contributed by atoms with Crippen LogP contribution >= 0.6 is 32.7 Å². The molecule has 15 N–H and O–H groups in total. The van der Waals surface area contributed by atoms with Crippen molar-refractivity contribution in [2.24, 2.45) is 40.4 Å². The number of rotatable bonds is 24. The average molecular weight is 1040 g/mol. The molecule has 4 aliphatic carbocycles. The van der Waals surface area contributed by atoms with Gasteiger partial charge in [0.1, 0.15) is 12.2 Å². The minimum absolute atomic E-state index is 0.0272. The first-order valence-electron chi connectivity index (χ1n) is 23.3. The molecule has 0 bridgehead atoms. The first-order valence-corrected chi connectivity index (χ1v) is 28.7. The highest BCUT2D eigenvalue weighted by Gasteiger charge is 2.65. The van der Waals surface area contributed by atoms with E-state index in [0.29, 0.717) is 25.7 Å². The van der Waals surface area contributed by atoms with E-state index < -0.39 is 111 Å². The Balaban J connectivity index is 1.42. The summed E-state index contributed by atoms with van der Waals surface area (Å²) in [4.78, 5) is 127. The van der Waals surface area contributed by atoms with E-state index in [4.69, 9.17) is 9.47 Å². The van der Waals surface area contributed by atoms with Gasteiger partial charge in [-0.3, -0.25) is 14.2 Å². The molecule has 4 fully saturated rings. The van der Waals surface area contributed by atoms with Gasteiger partial charge in [-0.2, -0.15) is 0 Å². The maximum atomic E-state index is 13.5. The Morgan fingerprint density at radius 1 is 0.657 bits per heavy atom. The topological polar surface area (TPSA) is 374 Å². The van der Waals surface area contributed by atoms with Crippen LogP contribution in [-0.4, -0.2) is 133 Å². The number of alkyl carbamates (subject to hydrolysis) is 2. The fourth-order valence-corrected chi connectivity index (χ4v) is 15.2. The van der Waals surface area contributed by atoms with Crippen molar-refractivity contribution in [3.8, 4) is 0 Å². The van der Waals surface area contributed by atoms with Crippen molar-refractivity contribution in [2.75, 3.05) is 26.2 Å². The van der Waals surface area contributed by atoms with Gasteiger partial charge in [-0.15, -0.1) is 0 Å². The van der Waals surface area contributed by atoms with Gasteiger partial charge in [0.15, 0.2) is 0 Å². The molecular formula is C41H76N4O18P4. The minimum atomic E-state index is -5.32. The van der Waals surface area contributed by atoms with Crippen LogP contribution in [0.25, 0.3) is 0 Å². The second-order valence-electron chi connectivity index (χ2n) is 19.9. The highest BCUT2D eigenvalue weighted by atomic mass is 31.2. The zero-order valence-corrected chi connectivity index (χ0v) is 42.5. The zero-order valence-electron chi connectivity index (χ0n) is 39.0. The molecule has 8 unspecified atom stereocenters. The van der Waals surface area contributed by atoms with E-state index in [9.17, 15) is 78.2 Å². The maximum Gasteiger partial charge on any atom is 0.407 e. The van der Waals surface area contributed by atoms with Gasteiger partial charge in [-0.1, -0.05) is 46.5 Å². The summed E-state index contributed by atoms with van der Waals surface area (Å²) in [7, 11) is -14.9. The first kappa shape index (κ1) is 58.1.